The summed E-state index contributed by atoms with van der Waals surface area (Å²) in [6.45, 7) is 2.49. The number of alkyl halides is 1. The summed E-state index contributed by atoms with van der Waals surface area (Å²) in [4.78, 5) is 22.1. The number of halogens is 1. The molecule has 182 valence electrons. The fourth-order valence-corrected chi connectivity index (χ4v) is 4.26. The molecule has 1 aliphatic heterocycles. The predicted octanol–water partition coefficient (Wildman–Crippen LogP) is 4.81. The van der Waals surface area contributed by atoms with E-state index in [0.29, 0.717) is 19.4 Å². The van der Waals surface area contributed by atoms with Crippen LogP contribution in [0.15, 0.2) is 84.3 Å². The highest BCUT2D eigenvalue weighted by atomic mass is 35.5. The summed E-state index contributed by atoms with van der Waals surface area (Å²) in [7, 11) is 0. The van der Waals surface area contributed by atoms with Gasteiger partial charge in [0.05, 0.1) is 36.1 Å². The second kappa shape index (κ2) is 12.1. The van der Waals surface area contributed by atoms with Crippen LogP contribution in [0, 0.1) is 17.2 Å². The lowest BCUT2D eigenvalue weighted by atomic mass is 9.91. The molecule has 0 saturated carbocycles. The van der Waals surface area contributed by atoms with Crippen LogP contribution in [0.3, 0.4) is 0 Å². The van der Waals surface area contributed by atoms with E-state index >= 15 is 0 Å². The Morgan fingerprint density at radius 1 is 1.25 bits per heavy atom. The molecule has 3 aromatic rings. The molecule has 0 aliphatic carbocycles. The highest BCUT2D eigenvalue weighted by molar-refractivity contribution is 6.24. The number of carbonyl (C=O) groups excluding carboxylic acids is 1. The van der Waals surface area contributed by atoms with Crippen molar-refractivity contribution < 1.29 is 4.79 Å². The van der Waals surface area contributed by atoms with E-state index in [0.717, 1.165) is 28.2 Å². The second-order valence-electron chi connectivity index (χ2n) is 8.52. The predicted molar refractivity (Wildman–Crippen MR) is 142 cm³/mol. The maximum atomic E-state index is 13.1. The molecule has 3 atom stereocenters. The van der Waals surface area contributed by atoms with E-state index in [1.54, 1.807) is 23.2 Å². The Balaban J connectivity index is 1.57. The van der Waals surface area contributed by atoms with Gasteiger partial charge in [-0.2, -0.15) is 10.4 Å². The highest BCUT2D eigenvalue weighted by Crippen LogP contribution is 2.24. The van der Waals surface area contributed by atoms with Gasteiger partial charge in [-0.25, -0.2) is 0 Å². The standard InChI is InChI=1S/C28H27ClN6O/c1-20-24(29)13-16-32-27(20)25(18-23-10-5-6-15-31-23)33-26(36)12-11-22-19-35(17-7-14-30)34-28(22)21-8-3-2-4-9-21/h2-6,8-13,15-16,19-20,24-25H,7,17-18H2,1H3,(H,33,36)/b12-11+. The lowest BCUT2D eigenvalue weighted by molar-refractivity contribution is -0.116. The van der Waals surface area contributed by atoms with Crippen molar-refractivity contribution in [3.05, 3.63) is 90.5 Å². The molecule has 0 spiro atoms. The number of aryl methyl sites for hydroxylation is 1. The fraction of sp³-hybridized carbons (Fsp3) is 0.250. The summed E-state index contributed by atoms with van der Waals surface area (Å²) in [5.41, 5.74) is 4.16. The largest absolute Gasteiger partial charge is 0.344 e. The summed E-state index contributed by atoms with van der Waals surface area (Å²) in [6.07, 6.45) is 11.2. The summed E-state index contributed by atoms with van der Waals surface area (Å²) < 4.78 is 1.73. The van der Waals surface area contributed by atoms with E-state index in [2.05, 4.69) is 26.5 Å². The number of aromatic nitrogens is 3. The van der Waals surface area contributed by atoms with Crippen molar-refractivity contribution in [3.63, 3.8) is 0 Å². The van der Waals surface area contributed by atoms with Crippen LogP contribution in [0.1, 0.15) is 24.6 Å². The minimum absolute atomic E-state index is 0.0299. The lowest BCUT2D eigenvalue weighted by Gasteiger charge is -2.27. The summed E-state index contributed by atoms with van der Waals surface area (Å²) in [5, 5.41) is 16.5. The van der Waals surface area contributed by atoms with Crippen molar-refractivity contribution in [1.29, 1.82) is 5.26 Å². The van der Waals surface area contributed by atoms with Gasteiger partial charge in [-0.1, -0.05) is 43.3 Å². The van der Waals surface area contributed by atoms with E-state index in [4.69, 9.17) is 16.9 Å². The zero-order valence-corrected chi connectivity index (χ0v) is 20.7. The summed E-state index contributed by atoms with van der Waals surface area (Å²) >= 11 is 6.46. The Kier molecular flexibility index (Phi) is 8.43. The van der Waals surface area contributed by atoms with Crippen molar-refractivity contribution >= 4 is 29.3 Å². The average Bonchev–Trinajstić information content (AvgIpc) is 3.32. The molecule has 3 unspecified atom stereocenters. The number of hydrogen-bond acceptors (Lipinski definition) is 5. The molecule has 1 aliphatic rings. The monoisotopic (exact) mass is 498 g/mol. The minimum atomic E-state index is -0.356. The molecule has 2 aromatic heterocycles. The van der Waals surface area contributed by atoms with Gasteiger partial charge >= 0.3 is 0 Å². The van der Waals surface area contributed by atoms with Crippen molar-refractivity contribution in [2.45, 2.75) is 37.7 Å². The average molecular weight is 499 g/mol. The Bertz CT molecular complexity index is 1310. The van der Waals surface area contributed by atoms with Crippen molar-refractivity contribution in [2.24, 2.45) is 10.9 Å². The van der Waals surface area contributed by atoms with Crippen molar-refractivity contribution in [3.8, 4) is 17.3 Å². The number of pyridine rings is 1. The Morgan fingerprint density at radius 2 is 2.06 bits per heavy atom. The molecule has 0 fully saturated rings. The second-order valence-corrected chi connectivity index (χ2v) is 9.02. The first-order valence-corrected chi connectivity index (χ1v) is 12.3. The molecule has 36 heavy (non-hydrogen) atoms. The summed E-state index contributed by atoms with van der Waals surface area (Å²) in [6, 6.07) is 17.3. The van der Waals surface area contributed by atoms with Crippen molar-refractivity contribution in [2.75, 3.05) is 0 Å². The zero-order valence-electron chi connectivity index (χ0n) is 20.0. The molecule has 1 amide bonds. The number of carbonyl (C=O) groups is 1. The number of hydrogen-bond donors (Lipinski definition) is 1. The van der Waals surface area contributed by atoms with Gasteiger partial charge in [0.2, 0.25) is 5.91 Å². The smallest absolute Gasteiger partial charge is 0.244 e. The van der Waals surface area contributed by atoms with E-state index < -0.39 is 0 Å². The topological polar surface area (TPSA) is 96.0 Å². The van der Waals surface area contributed by atoms with Crippen LogP contribution < -0.4 is 5.32 Å². The quantitative estimate of drug-likeness (QED) is 0.338. The van der Waals surface area contributed by atoms with E-state index in [9.17, 15) is 4.79 Å². The molecule has 1 aromatic carbocycles. The number of rotatable bonds is 9. The van der Waals surface area contributed by atoms with Gasteiger partial charge in [0.1, 0.15) is 0 Å². The third kappa shape index (κ3) is 6.35. The molecule has 1 N–H and O–H groups in total. The van der Waals surface area contributed by atoms with Crippen LogP contribution in [-0.4, -0.2) is 37.8 Å². The maximum absolute atomic E-state index is 13.1. The van der Waals surface area contributed by atoms with E-state index in [-0.39, 0.29) is 23.2 Å². The number of aliphatic imine (C=N–C) groups is 1. The first kappa shape index (κ1) is 25.1. The first-order valence-electron chi connectivity index (χ1n) is 11.8. The number of nitrogens with one attached hydrogen (secondary N) is 1. The molecule has 0 saturated heterocycles. The normalized spacial score (nSPS) is 18.0. The van der Waals surface area contributed by atoms with Crippen LogP contribution in [0.4, 0.5) is 0 Å². The molecule has 0 bridgehead atoms. The van der Waals surface area contributed by atoms with Gasteiger partial charge in [-0.15, -0.1) is 11.6 Å². The summed E-state index contributed by atoms with van der Waals surface area (Å²) in [5.74, 6) is -0.284. The van der Waals surface area contributed by atoms with Gasteiger partial charge in [-0.3, -0.25) is 19.5 Å². The number of allylic oxidation sites excluding steroid dienone is 1. The van der Waals surface area contributed by atoms with Crippen molar-refractivity contribution in [1.82, 2.24) is 20.1 Å². The molecular formula is C28H27ClN6O. The van der Waals surface area contributed by atoms with Gasteiger partial charge in [0, 0.05) is 59.5 Å². The van der Waals surface area contributed by atoms with Gasteiger partial charge in [0.25, 0.3) is 0 Å². The molecule has 4 rings (SSSR count). The maximum Gasteiger partial charge on any atom is 0.244 e. The number of amides is 1. The number of benzene rings is 1. The van der Waals surface area contributed by atoms with Crippen LogP contribution in [0.25, 0.3) is 17.3 Å². The Hall–Kier alpha value is -4.02. The lowest BCUT2D eigenvalue weighted by Crippen LogP contribution is -2.46. The van der Waals surface area contributed by atoms with E-state index in [1.165, 1.54) is 6.08 Å². The third-order valence-electron chi connectivity index (χ3n) is 5.95. The van der Waals surface area contributed by atoms with Gasteiger partial charge in [0.15, 0.2) is 0 Å². The van der Waals surface area contributed by atoms with Crippen LogP contribution in [0.2, 0.25) is 0 Å². The minimum Gasteiger partial charge on any atom is -0.344 e. The Morgan fingerprint density at radius 3 is 2.81 bits per heavy atom. The Labute approximate surface area is 215 Å². The zero-order chi connectivity index (χ0) is 25.3. The molecule has 0 radical (unpaired) electrons. The number of nitrogens with zero attached hydrogens (tertiary/aromatic N) is 5. The molecule has 7 nitrogen and oxygen atoms in total. The molecular weight excluding hydrogens is 472 g/mol. The van der Waals surface area contributed by atoms with E-state index in [1.807, 2.05) is 67.7 Å². The van der Waals surface area contributed by atoms with Gasteiger partial charge < -0.3 is 5.32 Å². The number of nitriles is 1. The van der Waals surface area contributed by atoms with Crippen LogP contribution in [-0.2, 0) is 17.8 Å². The highest BCUT2D eigenvalue weighted by Gasteiger charge is 2.28. The fourth-order valence-electron chi connectivity index (χ4n) is 4.07. The first-order chi connectivity index (χ1) is 17.5. The third-order valence-corrected chi connectivity index (χ3v) is 6.48. The molecule has 3 heterocycles. The van der Waals surface area contributed by atoms with Crippen LogP contribution >= 0.6 is 11.6 Å². The SMILES string of the molecule is CC1C(C(Cc2ccccn2)NC(=O)/C=C/c2cn(CCC#N)nc2-c2ccccc2)=NC=CC1Cl. The van der Waals surface area contributed by atoms with Gasteiger partial charge in [-0.05, 0) is 24.3 Å². The van der Waals surface area contributed by atoms with Crippen LogP contribution in [0.5, 0.6) is 0 Å². The molecule has 8 heteroatoms.